The number of nitro benzene ring substituents is 1. The molecular formula is C16H13N3O4S. The molecule has 122 valence electrons. The third-order valence-electron chi connectivity index (χ3n) is 3.25. The molecule has 0 amide bonds. The van der Waals surface area contributed by atoms with Gasteiger partial charge in [0.2, 0.25) is 5.89 Å². The normalized spacial score (nSPS) is 10.5. The van der Waals surface area contributed by atoms with Crippen LogP contribution < -0.4 is 4.74 Å². The molecule has 0 aliphatic heterocycles. The third-order valence-corrected chi connectivity index (χ3v) is 4.14. The summed E-state index contributed by atoms with van der Waals surface area (Å²) in [7, 11) is 1.61. The van der Waals surface area contributed by atoms with E-state index >= 15 is 0 Å². The summed E-state index contributed by atoms with van der Waals surface area (Å²) >= 11 is 1.38. The third kappa shape index (κ3) is 3.72. The van der Waals surface area contributed by atoms with Crippen LogP contribution in [-0.2, 0) is 5.75 Å². The Kier molecular flexibility index (Phi) is 4.76. The molecule has 0 atom stereocenters. The summed E-state index contributed by atoms with van der Waals surface area (Å²) in [5.41, 5.74) is 1.82. The van der Waals surface area contributed by atoms with Crippen LogP contribution in [0, 0.1) is 10.1 Å². The van der Waals surface area contributed by atoms with Gasteiger partial charge in [-0.05, 0) is 29.8 Å². The van der Waals surface area contributed by atoms with Crippen LogP contribution in [0.3, 0.4) is 0 Å². The van der Waals surface area contributed by atoms with Crippen molar-refractivity contribution in [2.75, 3.05) is 7.11 Å². The van der Waals surface area contributed by atoms with Gasteiger partial charge < -0.3 is 9.15 Å². The first kappa shape index (κ1) is 16.0. The lowest BCUT2D eigenvalue weighted by atomic mass is 10.2. The maximum absolute atomic E-state index is 10.6. The van der Waals surface area contributed by atoms with Crippen molar-refractivity contribution in [3.8, 4) is 17.2 Å². The topological polar surface area (TPSA) is 91.3 Å². The molecule has 2 aromatic carbocycles. The average molecular weight is 343 g/mol. The lowest BCUT2D eigenvalue weighted by Crippen LogP contribution is -1.88. The van der Waals surface area contributed by atoms with Crippen LogP contribution in [-0.4, -0.2) is 22.2 Å². The van der Waals surface area contributed by atoms with E-state index in [1.807, 2.05) is 24.3 Å². The Bertz CT molecular complexity index is 831. The predicted octanol–water partition coefficient (Wildman–Crippen LogP) is 3.95. The van der Waals surface area contributed by atoms with E-state index in [0.29, 0.717) is 16.9 Å². The van der Waals surface area contributed by atoms with Crippen LogP contribution in [0.4, 0.5) is 5.69 Å². The fourth-order valence-electron chi connectivity index (χ4n) is 1.98. The highest BCUT2D eigenvalue weighted by molar-refractivity contribution is 7.98. The number of aromatic nitrogens is 2. The number of non-ortho nitro benzene ring substituents is 1. The van der Waals surface area contributed by atoms with Crippen molar-refractivity contribution in [2.45, 2.75) is 11.0 Å². The molecule has 0 spiro atoms. The van der Waals surface area contributed by atoms with E-state index in [9.17, 15) is 10.1 Å². The monoisotopic (exact) mass is 343 g/mol. The zero-order valence-electron chi connectivity index (χ0n) is 12.7. The summed E-state index contributed by atoms with van der Waals surface area (Å²) in [4.78, 5) is 10.2. The Morgan fingerprint density at radius 3 is 2.46 bits per heavy atom. The van der Waals surface area contributed by atoms with Gasteiger partial charge in [-0.25, -0.2) is 0 Å². The van der Waals surface area contributed by atoms with Gasteiger partial charge in [-0.15, -0.1) is 10.2 Å². The minimum Gasteiger partial charge on any atom is -0.497 e. The van der Waals surface area contributed by atoms with Gasteiger partial charge in [-0.1, -0.05) is 23.9 Å². The van der Waals surface area contributed by atoms with E-state index < -0.39 is 4.92 Å². The van der Waals surface area contributed by atoms with Gasteiger partial charge in [0.25, 0.3) is 10.9 Å². The SMILES string of the molecule is COc1ccc(-c2nnc(SCc3ccc([N+](=O)[O-])cc3)o2)cc1. The summed E-state index contributed by atoms with van der Waals surface area (Å²) in [6, 6.07) is 13.7. The molecule has 3 aromatic rings. The molecular weight excluding hydrogens is 330 g/mol. The van der Waals surface area contributed by atoms with Crippen LogP contribution in [0.15, 0.2) is 58.2 Å². The fraction of sp³-hybridized carbons (Fsp3) is 0.125. The highest BCUT2D eigenvalue weighted by Gasteiger charge is 2.10. The Morgan fingerprint density at radius 2 is 1.83 bits per heavy atom. The van der Waals surface area contributed by atoms with Crippen molar-refractivity contribution in [1.82, 2.24) is 10.2 Å². The molecule has 1 aromatic heterocycles. The summed E-state index contributed by atoms with van der Waals surface area (Å²) in [5, 5.41) is 19.1. The van der Waals surface area contributed by atoms with Crippen molar-refractivity contribution >= 4 is 17.4 Å². The first-order valence-corrected chi connectivity index (χ1v) is 7.98. The molecule has 0 fully saturated rings. The molecule has 8 heteroatoms. The number of nitrogens with zero attached hydrogens (tertiary/aromatic N) is 3. The van der Waals surface area contributed by atoms with Crippen molar-refractivity contribution < 1.29 is 14.1 Å². The average Bonchev–Trinajstić information content (AvgIpc) is 3.09. The van der Waals surface area contributed by atoms with Crippen molar-refractivity contribution in [1.29, 1.82) is 0 Å². The molecule has 0 aliphatic carbocycles. The largest absolute Gasteiger partial charge is 0.497 e. The number of hydrogen-bond donors (Lipinski definition) is 0. The molecule has 3 rings (SSSR count). The number of methoxy groups -OCH3 is 1. The zero-order valence-corrected chi connectivity index (χ0v) is 13.5. The standard InChI is InChI=1S/C16H13N3O4S/c1-22-14-8-4-12(5-9-14)15-17-18-16(23-15)24-10-11-2-6-13(7-3-11)19(20)21/h2-9H,10H2,1H3. The molecule has 0 N–H and O–H groups in total. The molecule has 0 bridgehead atoms. The summed E-state index contributed by atoms with van der Waals surface area (Å²) < 4.78 is 10.7. The van der Waals surface area contributed by atoms with Gasteiger partial charge in [0.1, 0.15) is 5.75 Å². The zero-order chi connectivity index (χ0) is 16.9. The molecule has 0 saturated carbocycles. The minimum absolute atomic E-state index is 0.0725. The van der Waals surface area contributed by atoms with E-state index in [0.717, 1.165) is 16.9 Å². The summed E-state index contributed by atoms with van der Waals surface area (Å²) in [5.74, 6) is 1.78. The van der Waals surface area contributed by atoms with Crippen molar-refractivity contribution in [3.63, 3.8) is 0 Å². The fourth-order valence-corrected chi connectivity index (χ4v) is 2.70. The molecule has 1 heterocycles. The highest BCUT2D eigenvalue weighted by atomic mass is 32.2. The van der Waals surface area contributed by atoms with E-state index in [1.54, 1.807) is 19.2 Å². The van der Waals surface area contributed by atoms with Crippen LogP contribution in [0.1, 0.15) is 5.56 Å². The number of hydrogen-bond acceptors (Lipinski definition) is 7. The van der Waals surface area contributed by atoms with E-state index in [4.69, 9.17) is 9.15 Å². The van der Waals surface area contributed by atoms with Crippen LogP contribution >= 0.6 is 11.8 Å². The maximum atomic E-state index is 10.6. The maximum Gasteiger partial charge on any atom is 0.277 e. The van der Waals surface area contributed by atoms with Gasteiger partial charge in [0.05, 0.1) is 12.0 Å². The van der Waals surface area contributed by atoms with Crippen LogP contribution in [0.25, 0.3) is 11.5 Å². The number of ether oxygens (including phenoxy) is 1. The second-order valence-electron chi connectivity index (χ2n) is 4.81. The quantitative estimate of drug-likeness (QED) is 0.380. The molecule has 0 aliphatic rings. The second kappa shape index (κ2) is 7.14. The number of rotatable bonds is 6. The van der Waals surface area contributed by atoms with Gasteiger partial charge in [0, 0.05) is 23.4 Å². The Hall–Kier alpha value is -2.87. The summed E-state index contributed by atoms with van der Waals surface area (Å²) in [6.07, 6.45) is 0. The molecule has 0 saturated heterocycles. The summed E-state index contributed by atoms with van der Waals surface area (Å²) in [6.45, 7) is 0. The first-order valence-electron chi connectivity index (χ1n) is 7.00. The molecule has 0 radical (unpaired) electrons. The smallest absolute Gasteiger partial charge is 0.277 e. The van der Waals surface area contributed by atoms with E-state index in [2.05, 4.69) is 10.2 Å². The predicted molar refractivity (Wildman–Crippen MR) is 88.9 cm³/mol. The Balaban J connectivity index is 1.64. The number of nitro groups is 1. The lowest BCUT2D eigenvalue weighted by Gasteiger charge is -1.99. The van der Waals surface area contributed by atoms with Crippen molar-refractivity contribution in [2.24, 2.45) is 0 Å². The van der Waals surface area contributed by atoms with Gasteiger partial charge >= 0.3 is 0 Å². The Morgan fingerprint density at radius 1 is 1.12 bits per heavy atom. The second-order valence-corrected chi connectivity index (χ2v) is 5.74. The molecule has 24 heavy (non-hydrogen) atoms. The highest BCUT2D eigenvalue weighted by Crippen LogP contribution is 2.27. The number of benzene rings is 2. The first-order chi connectivity index (χ1) is 11.7. The van der Waals surface area contributed by atoms with E-state index in [1.165, 1.54) is 23.9 Å². The number of thioether (sulfide) groups is 1. The molecule has 7 nitrogen and oxygen atoms in total. The van der Waals surface area contributed by atoms with Gasteiger partial charge in [-0.2, -0.15) is 0 Å². The van der Waals surface area contributed by atoms with Crippen LogP contribution in [0.5, 0.6) is 5.75 Å². The van der Waals surface area contributed by atoms with Gasteiger partial charge in [0.15, 0.2) is 0 Å². The van der Waals surface area contributed by atoms with E-state index in [-0.39, 0.29) is 5.69 Å². The van der Waals surface area contributed by atoms with Crippen molar-refractivity contribution in [3.05, 3.63) is 64.2 Å². The lowest BCUT2D eigenvalue weighted by molar-refractivity contribution is -0.384. The van der Waals surface area contributed by atoms with Crippen LogP contribution in [0.2, 0.25) is 0 Å². The minimum atomic E-state index is -0.421. The van der Waals surface area contributed by atoms with Gasteiger partial charge in [-0.3, -0.25) is 10.1 Å². The Labute approximate surface area is 141 Å². The molecule has 0 unspecified atom stereocenters.